The number of methoxy groups -OCH3 is 2. The van der Waals surface area contributed by atoms with Gasteiger partial charge >= 0.3 is 0 Å². The van der Waals surface area contributed by atoms with Crippen LogP contribution in [0.15, 0.2) is 40.9 Å². The second kappa shape index (κ2) is 6.74. The number of amides is 1. The number of fused-ring (bicyclic) bond motifs is 3. The average Bonchev–Trinajstić information content (AvgIpc) is 3.23. The SMILES string of the molecule is CNC(=O)c1nn(-c2ccc(Br)cc2)c2c1Cc1cc(OC)c(OC)cc1-2. The number of rotatable bonds is 4. The zero-order valence-electron chi connectivity index (χ0n) is 15.2. The van der Waals surface area contributed by atoms with Crippen molar-refractivity contribution in [1.82, 2.24) is 15.1 Å². The number of carbonyl (C=O) groups is 1. The number of nitrogens with one attached hydrogen (secondary N) is 1. The Morgan fingerprint density at radius 3 is 2.44 bits per heavy atom. The Hall–Kier alpha value is -2.80. The summed E-state index contributed by atoms with van der Waals surface area (Å²) in [7, 11) is 4.84. The van der Waals surface area contributed by atoms with Crippen molar-refractivity contribution in [3.63, 3.8) is 0 Å². The molecule has 138 valence electrons. The van der Waals surface area contributed by atoms with E-state index < -0.39 is 0 Å². The molecule has 1 amide bonds. The molecule has 0 bridgehead atoms. The fraction of sp³-hybridized carbons (Fsp3) is 0.200. The number of aromatic nitrogens is 2. The third kappa shape index (κ3) is 2.78. The molecule has 1 N–H and O–H groups in total. The Morgan fingerprint density at radius 1 is 1.15 bits per heavy atom. The molecule has 7 heteroatoms. The van der Waals surface area contributed by atoms with Crippen molar-refractivity contribution < 1.29 is 14.3 Å². The van der Waals surface area contributed by atoms with Crippen LogP contribution in [0.4, 0.5) is 0 Å². The lowest BCUT2D eigenvalue weighted by Crippen LogP contribution is -2.20. The molecule has 0 aliphatic heterocycles. The summed E-state index contributed by atoms with van der Waals surface area (Å²) in [5.41, 5.74) is 5.20. The molecule has 0 radical (unpaired) electrons. The second-order valence-electron chi connectivity index (χ2n) is 6.18. The van der Waals surface area contributed by atoms with Crippen LogP contribution >= 0.6 is 15.9 Å². The third-order valence-corrected chi connectivity index (χ3v) is 5.26. The number of nitrogens with zero attached hydrogens (tertiary/aromatic N) is 2. The van der Waals surface area contributed by atoms with Crippen LogP contribution in [0.2, 0.25) is 0 Å². The van der Waals surface area contributed by atoms with E-state index in [1.165, 1.54) is 0 Å². The van der Waals surface area contributed by atoms with Gasteiger partial charge in [0.1, 0.15) is 0 Å². The molecule has 2 aromatic carbocycles. The summed E-state index contributed by atoms with van der Waals surface area (Å²) in [6.45, 7) is 0. The molecule has 0 spiro atoms. The molecule has 1 aliphatic rings. The average molecular weight is 428 g/mol. The molecule has 27 heavy (non-hydrogen) atoms. The molecule has 3 aromatic rings. The highest BCUT2D eigenvalue weighted by Crippen LogP contribution is 2.44. The van der Waals surface area contributed by atoms with E-state index in [1.54, 1.807) is 21.3 Å². The molecular weight excluding hydrogens is 410 g/mol. The summed E-state index contributed by atoms with van der Waals surface area (Å²) in [5, 5.41) is 7.30. The van der Waals surface area contributed by atoms with Crippen LogP contribution in [-0.2, 0) is 6.42 Å². The van der Waals surface area contributed by atoms with Gasteiger partial charge in [-0.25, -0.2) is 4.68 Å². The predicted octanol–water partition coefficient (Wildman–Crippen LogP) is 3.58. The van der Waals surface area contributed by atoms with E-state index in [2.05, 4.69) is 26.3 Å². The molecule has 0 unspecified atom stereocenters. The molecule has 0 fully saturated rings. The van der Waals surface area contributed by atoms with Crippen molar-refractivity contribution >= 4 is 21.8 Å². The van der Waals surface area contributed by atoms with Crippen LogP contribution in [0.1, 0.15) is 21.6 Å². The summed E-state index contributed by atoms with van der Waals surface area (Å²) in [4.78, 5) is 12.4. The maximum atomic E-state index is 12.4. The molecule has 1 aromatic heterocycles. The molecule has 0 saturated carbocycles. The first kappa shape index (κ1) is 17.6. The summed E-state index contributed by atoms with van der Waals surface area (Å²) in [6, 6.07) is 11.7. The standard InChI is InChI=1S/C20H18BrN3O3/c1-22-20(25)18-15-8-11-9-16(26-2)17(27-3)10-14(11)19(15)24(23-18)13-6-4-12(21)5-7-13/h4-7,9-10H,8H2,1-3H3,(H,22,25). The van der Waals surface area contributed by atoms with E-state index >= 15 is 0 Å². The number of hydrogen-bond acceptors (Lipinski definition) is 4. The van der Waals surface area contributed by atoms with Gasteiger partial charge in [0.15, 0.2) is 17.2 Å². The first-order chi connectivity index (χ1) is 13.1. The van der Waals surface area contributed by atoms with Crippen molar-refractivity contribution in [3.05, 3.63) is 57.7 Å². The van der Waals surface area contributed by atoms with Crippen LogP contribution in [0.5, 0.6) is 11.5 Å². The zero-order valence-corrected chi connectivity index (χ0v) is 16.8. The Bertz CT molecular complexity index is 1040. The Kier molecular flexibility index (Phi) is 4.39. The summed E-state index contributed by atoms with van der Waals surface area (Å²) < 4.78 is 13.7. The molecule has 4 rings (SSSR count). The van der Waals surface area contributed by atoms with Crippen LogP contribution in [-0.4, -0.2) is 37.0 Å². The first-order valence-corrected chi connectivity index (χ1v) is 9.21. The number of halogens is 1. The quantitative estimate of drug-likeness (QED) is 0.540. The van der Waals surface area contributed by atoms with Gasteiger partial charge in [-0.2, -0.15) is 5.10 Å². The van der Waals surface area contributed by atoms with E-state index in [-0.39, 0.29) is 5.91 Å². The van der Waals surface area contributed by atoms with Gasteiger partial charge in [-0.1, -0.05) is 15.9 Å². The largest absolute Gasteiger partial charge is 0.493 e. The molecule has 0 atom stereocenters. The van der Waals surface area contributed by atoms with Gasteiger partial charge in [0, 0.05) is 29.1 Å². The minimum absolute atomic E-state index is 0.200. The topological polar surface area (TPSA) is 65.4 Å². The summed E-state index contributed by atoms with van der Waals surface area (Å²) in [5.74, 6) is 1.12. The fourth-order valence-electron chi connectivity index (χ4n) is 3.44. The highest BCUT2D eigenvalue weighted by molar-refractivity contribution is 9.10. The Balaban J connectivity index is 1.97. The lowest BCUT2D eigenvalue weighted by atomic mass is 10.1. The Morgan fingerprint density at radius 2 is 1.81 bits per heavy atom. The molecule has 0 saturated heterocycles. The maximum absolute atomic E-state index is 12.4. The van der Waals surface area contributed by atoms with Gasteiger partial charge in [-0.15, -0.1) is 0 Å². The number of carbonyl (C=O) groups excluding carboxylic acids is 1. The summed E-state index contributed by atoms with van der Waals surface area (Å²) in [6.07, 6.45) is 0.615. The third-order valence-electron chi connectivity index (χ3n) is 4.73. The van der Waals surface area contributed by atoms with Crippen LogP contribution in [0.25, 0.3) is 16.9 Å². The highest BCUT2D eigenvalue weighted by atomic mass is 79.9. The van der Waals surface area contributed by atoms with Crippen molar-refractivity contribution in [3.8, 4) is 28.4 Å². The van der Waals surface area contributed by atoms with Gasteiger partial charge in [0.25, 0.3) is 5.91 Å². The second-order valence-corrected chi connectivity index (χ2v) is 7.10. The number of benzene rings is 2. The van der Waals surface area contributed by atoms with Gasteiger partial charge < -0.3 is 14.8 Å². The van der Waals surface area contributed by atoms with Crippen molar-refractivity contribution in [1.29, 1.82) is 0 Å². The van der Waals surface area contributed by atoms with Gasteiger partial charge in [-0.05, 0) is 42.0 Å². The molecule has 1 heterocycles. The Labute approximate surface area is 165 Å². The first-order valence-electron chi connectivity index (χ1n) is 8.42. The minimum Gasteiger partial charge on any atom is -0.493 e. The lowest BCUT2D eigenvalue weighted by molar-refractivity contribution is 0.0957. The van der Waals surface area contributed by atoms with E-state index in [1.807, 2.05) is 41.1 Å². The zero-order chi connectivity index (χ0) is 19.1. The van der Waals surface area contributed by atoms with Crippen LogP contribution < -0.4 is 14.8 Å². The number of hydrogen-bond donors (Lipinski definition) is 1. The van der Waals surface area contributed by atoms with Crippen molar-refractivity contribution in [2.24, 2.45) is 0 Å². The van der Waals surface area contributed by atoms with Crippen LogP contribution in [0.3, 0.4) is 0 Å². The monoisotopic (exact) mass is 427 g/mol. The predicted molar refractivity (Wildman–Crippen MR) is 106 cm³/mol. The van der Waals surface area contributed by atoms with E-state index in [0.717, 1.165) is 32.5 Å². The smallest absolute Gasteiger partial charge is 0.271 e. The van der Waals surface area contributed by atoms with E-state index in [9.17, 15) is 4.79 Å². The maximum Gasteiger partial charge on any atom is 0.271 e. The summed E-state index contributed by atoms with van der Waals surface area (Å²) >= 11 is 3.46. The van der Waals surface area contributed by atoms with Crippen LogP contribution in [0, 0.1) is 0 Å². The minimum atomic E-state index is -0.200. The lowest BCUT2D eigenvalue weighted by Gasteiger charge is -2.12. The fourth-order valence-corrected chi connectivity index (χ4v) is 3.71. The van der Waals surface area contributed by atoms with Gasteiger partial charge in [-0.3, -0.25) is 4.79 Å². The van der Waals surface area contributed by atoms with Gasteiger partial charge in [0.05, 0.1) is 25.6 Å². The molecule has 6 nitrogen and oxygen atoms in total. The normalized spacial score (nSPS) is 11.7. The van der Waals surface area contributed by atoms with E-state index in [4.69, 9.17) is 9.47 Å². The van der Waals surface area contributed by atoms with Crippen molar-refractivity contribution in [2.45, 2.75) is 6.42 Å². The van der Waals surface area contributed by atoms with E-state index in [0.29, 0.717) is 23.6 Å². The van der Waals surface area contributed by atoms with Gasteiger partial charge in [0.2, 0.25) is 0 Å². The molecule has 1 aliphatic carbocycles. The molecular formula is C20H18BrN3O3. The highest BCUT2D eigenvalue weighted by Gasteiger charge is 2.32. The number of ether oxygens (including phenoxy) is 2. The van der Waals surface area contributed by atoms with Crippen molar-refractivity contribution in [2.75, 3.05) is 21.3 Å².